The van der Waals surface area contributed by atoms with Crippen molar-refractivity contribution in [2.24, 2.45) is 7.05 Å². The van der Waals surface area contributed by atoms with Crippen LogP contribution in [0.3, 0.4) is 0 Å². The van der Waals surface area contributed by atoms with Crippen molar-refractivity contribution in [1.82, 2.24) is 15.1 Å². The van der Waals surface area contributed by atoms with Crippen molar-refractivity contribution in [3.63, 3.8) is 0 Å². The lowest BCUT2D eigenvalue weighted by Crippen LogP contribution is -2.19. The van der Waals surface area contributed by atoms with Crippen LogP contribution in [0.5, 0.6) is 0 Å². The van der Waals surface area contributed by atoms with Gasteiger partial charge in [0, 0.05) is 31.4 Å². The van der Waals surface area contributed by atoms with Crippen molar-refractivity contribution >= 4 is 0 Å². The first-order valence-corrected chi connectivity index (χ1v) is 5.85. The molecule has 2 aromatic rings. The molecular weight excluding hydrogens is 214 g/mol. The van der Waals surface area contributed by atoms with Crippen LogP contribution in [0.2, 0.25) is 0 Å². The van der Waals surface area contributed by atoms with Gasteiger partial charge in [0.1, 0.15) is 11.5 Å². The third-order valence-electron chi connectivity index (χ3n) is 3.06. The van der Waals surface area contributed by atoms with Crippen molar-refractivity contribution in [2.75, 3.05) is 0 Å². The Hall–Kier alpha value is -1.55. The summed E-state index contributed by atoms with van der Waals surface area (Å²) in [6.45, 7) is 6.93. The summed E-state index contributed by atoms with van der Waals surface area (Å²) >= 11 is 0. The third-order valence-corrected chi connectivity index (χ3v) is 3.06. The number of furan rings is 1. The topological polar surface area (TPSA) is 43.0 Å². The van der Waals surface area contributed by atoms with E-state index in [-0.39, 0.29) is 6.04 Å². The normalized spacial score (nSPS) is 12.9. The van der Waals surface area contributed by atoms with E-state index in [0.717, 1.165) is 18.1 Å². The van der Waals surface area contributed by atoms with Gasteiger partial charge >= 0.3 is 0 Å². The van der Waals surface area contributed by atoms with Crippen molar-refractivity contribution in [2.45, 2.75) is 33.4 Å². The van der Waals surface area contributed by atoms with E-state index in [2.05, 4.69) is 23.4 Å². The molecule has 1 unspecified atom stereocenters. The Balaban J connectivity index is 2.00. The molecule has 0 bridgehead atoms. The highest BCUT2D eigenvalue weighted by atomic mass is 16.3. The number of aromatic nitrogens is 2. The van der Waals surface area contributed by atoms with Crippen LogP contribution in [-0.2, 0) is 13.6 Å². The predicted molar refractivity (Wildman–Crippen MR) is 66.6 cm³/mol. The maximum absolute atomic E-state index is 5.54. The molecule has 92 valence electrons. The minimum Gasteiger partial charge on any atom is -0.466 e. The Morgan fingerprint density at radius 2 is 2.24 bits per heavy atom. The number of rotatable bonds is 4. The van der Waals surface area contributed by atoms with Gasteiger partial charge in [0.2, 0.25) is 0 Å². The summed E-state index contributed by atoms with van der Waals surface area (Å²) < 4.78 is 7.42. The molecule has 2 heterocycles. The second-order valence-corrected chi connectivity index (χ2v) is 4.42. The van der Waals surface area contributed by atoms with Gasteiger partial charge in [0.15, 0.2) is 0 Å². The quantitative estimate of drug-likeness (QED) is 0.882. The highest BCUT2D eigenvalue weighted by Gasteiger charge is 2.12. The van der Waals surface area contributed by atoms with E-state index in [0.29, 0.717) is 0 Å². The molecule has 1 N–H and O–H groups in total. The fourth-order valence-electron chi connectivity index (χ4n) is 2.02. The van der Waals surface area contributed by atoms with Crippen LogP contribution < -0.4 is 5.32 Å². The van der Waals surface area contributed by atoms with E-state index in [1.165, 1.54) is 11.3 Å². The zero-order chi connectivity index (χ0) is 12.4. The van der Waals surface area contributed by atoms with Crippen LogP contribution in [0, 0.1) is 13.8 Å². The molecule has 2 rings (SSSR count). The Morgan fingerprint density at radius 3 is 2.76 bits per heavy atom. The van der Waals surface area contributed by atoms with Gasteiger partial charge in [0.25, 0.3) is 0 Å². The minimum absolute atomic E-state index is 0.280. The first-order chi connectivity index (χ1) is 8.08. The van der Waals surface area contributed by atoms with Crippen LogP contribution in [0.15, 0.2) is 22.7 Å². The largest absolute Gasteiger partial charge is 0.466 e. The van der Waals surface area contributed by atoms with Crippen molar-refractivity contribution in [1.29, 1.82) is 0 Å². The highest BCUT2D eigenvalue weighted by molar-refractivity contribution is 5.23. The van der Waals surface area contributed by atoms with Gasteiger partial charge in [0.05, 0.1) is 5.69 Å². The van der Waals surface area contributed by atoms with Gasteiger partial charge < -0.3 is 9.73 Å². The summed E-state index contributed by atoms with van der Waals surface area (Å²) in [5.74, 6) is 1.96. The number of aryl methyl sites for hydroxylation is 3. The van der Waals surface area contributed by atoms with Gasteiger partial charge in [-0.2, -0.15) is 5.10 Å². The lowest BCUT2D eigenvalue weighted by molar-refractivity contribution is 0.487. The van der Waals surface area contributed by atoms with Crippen LogP contribution in [-0.4, -0.2) is 9.78 Å². The molecule has 0 amide bonds. The Kier molecular flexibility index (Phi) is 3.33. The zero-order valence-electron chi connectivity index (χ0n) is 10.8. The molecule has 1 atom stereocenters. The second kappa shape index (κ2) is 4.75. The summed E-state index contributed by atoms with van der Waals surface area (Å²) in [6, 6.07) is 4.39. The fourth-order valence-corrected chi connectivity index (χ4v) is 2.02. The summed E-state index contributed by atoms with van der Waals surface area (Å²) in [5, 5.41) is 7.62. The molecule has 0 saturated heterocycles. The molecule has 0 aliphatic heterocycles. The van der Waals surface area contributed by atoms with Crippen molar-refractivity contribution in [3.8, 4) is 0 Å². The average Bonchev–Trinajstić information content (AvgIpc) is 2.81. The number of nitrogens with zero attached hydrogens (tertiary/aromatic N) is 2. The number of nitrogens with one attached hydrogen (secondary N) is 1. The van der Waals surface area contributed by atoms with E-state index in [4.69, 9.17) is 4.42 Å². The van der Waals surface area contributed by atoms with Crippen molar-refractivity contribution < 1.29 is 4.42 Å². The average molecular weight is 233 g/mol. The predicted octanol–water partition coefficient (Wildman–Crippen LogP) is 2.48. The lowest BCUT2D eigenvalue weighted by atomic mass is 10.1. The number of hydrogen-bond donors (Lipinski definition) is 1. The van der Waals surface area contributed by atoms with E-state index < -0.39 is 0 Å². The van der Waals surface area contributed by atoms with Gasteiger partial charge in [-0.3, -0.25) is 4.68 Å². The van der Waals surface area contributed by atoms with Gasteiger partial charge in [-0.15, -0.1) is 0 Å². The van der Waals surface area contributed by atoms with E-state index in [9.17, 15) is 0 Å². The van der Waals surface area contributed by atoms with Crippen LogP contribution in [0.1, 0.15) is 35.7 Å². The Labute approximate surface area is 102 Å². The Bertz CT molecular complexity index is 498. The first kappa shape index (κ1) is 11.9. The smallest absolute Gasteiger partial charge is 0.105 e. The van der Waals surface area contributed by atoms with Crippen LogP contribution in [0.4, 0.5) is 0 Å². The summed E-state index contributed by atoms with van der Waals surface area (Å²) in [6.07, 6.45) is 1.81. The molecule has 0 aliphatic carbocycles. The molecule has 0 saturated carbocycles. The molecule has 4 nitrogen and oxygen atoms in total. The van der Waals surface area contributed by atoms with E-state index in [1.54, 1.807) is 0 Å². The van der Waals surface area contributed by atoms with Crippen LogP contribution in [0.25, 0.3) is 0 Å². The van der Waals surface area contributed by atoms with Crippen LogP contribution >= 0.6 is 0 Å². The van der Waals surface area contributed by atoms with E-state index >= 15 is 0 Å². The third kappa shape index (κ3) is 2.58. The highest BCUT2D eigenvalue weighted by Crippen LogP contribution is 2.21. The van der Waals surface area contributed by atoms with Gasteiger partial charge in [-0.1, -0.05) is 0 Å². The standard InChI is InChI=1S/C13H19N3O/c1-9-7-13(11(3)17-9)10(2)14-8-12-5-6-15-16(12)4/h5-7,10,14H,8H2,1-4H3. The Morgan fingerprint density at radius 1 is 1.47 bits per heavy atom. The molecule has 0 aliphatic rings. The first-order valence-electron chi connectivity index (χ1n) is 5.85. The summed E-state index contributed by atoms with van der Waals surface area (Å²) in [4.78, 5) is 0. The molecule has 17 heavy (non-hydrogen) atoms. The molecule has 0 radical (unpaired) electrons. The molecule has 0 aromatic carbocycles. The molecule has 0 spiro atoms. The lowest BCUT2D eigenvalue weighted by Gasteiger charge is -2.13. The van der Waals surface area contributed by atoms with E-state index in [1.807, 2.05) is 37.8 Å². The maximum atomic E-state index is 5.54. The fraction of sp³-hybridized carbons (Fsp3) is 0.462. The molecule has 2 aromatic heterocycles. The SMILES string of the molecule is Cc1cc(C(C)NCc2ccnn2C)c(C)o1. The summed E-state index contributed by atoms with van der Waals surface area (Å²) in [7, 11) is 1.95. The summed E-state index contributed by atoms with van der Waals surface area (Å²) in [5.41, 5.74) is 2.40. The second-order valence-electron chi connectivity index (χ2n) is 4.42. The molecule has 0 fully saturated rings. The maximum Gasteiger partial charge on any atom is 0.105 e. The zero-order valence-corrected chi connectivity index (χ0v) is 10.8. The minimum atomic E-state index is 0.280. The molecule has 4 heteroatoms. The van der Waals surface area contributed by atoms with Crippen molar-refractivity contribution in [3.05, 3.63) is 41.1 Å². The molecular formula is C13H19N3O. The van der Waals surface area contributed by atoms with Gasteiger partial charge in [-0.05, 0) is 32.9 Å². The monoisotopic (exact) mass is 233 g/mol. The number of hydrogen-bond acceptors (Lipinski definition) is 3. The van der Waals surface area contributed by atoms with Gasteiger partial charge in [-0.25, -0.2) is 0 Å².